The standard InChI is InChI=1S/C8H6Br4N2O2/c9-6-5(13-3-15)1-2-7(10,14-4-16)8(6,11)12/h5-6H,1-2H2/t5-,6?,7-/m1/s1. The van der Waals surface area contributed by atoms with E-state index in [0.29, 0.717) is 12.8 Å². The zero-order valence-electron chi connectivity index (χ0n) is 7.79. The van der Waals surface area contributed by atoms with Gasteiger partial charge in [0.2, 0.25) is 12.2 Å². The van der Waals surface area contributed by atoms with E-state index in [2.05, 4.69) is 73.7 Å². The van der Waals surface area contributed by atoms with Crippen LogP contribution in [0.2, 0.25) is 0 Å². The van der Waals surface area contributed by atoms with E-state index in [0.717, 1.165) is 0 Å². The summed E-state index contributed by atoms with van der Waals surface area (Å²) in [5.41, 5.74) is 0. The maximum absolute atomic E-state index is 10.4. The van der Waals surface area contributed by atoms with Crippen LogP contribution in [-0.2, 0) is 9.59 Å². The summed E-state index contributed by atoms with van der Waals surface area (Å²) in [6.07, 6.45) is 4.24. The largest absolute Gasteiger partial charge is 0.236 e. The normalized spacial score (nSPS) is 37.0. The van der Waals surface area contributed by atoms with E-state index < -0.39 is 7.68 Å². The lowest BCUT2D eigenvalue weighted by Crippen LogP contribution is -2.53. The van der Waals surface area contributed by atoms with Crippen molar-refractivity contribution in [3.63, 3.8) is 0 Å². The van der Waals surface area contributed by atoms with Crippen molar-refractivity contribution < 1.29 is 9.59 Å². The fourth-order valence-corrected chi connectivity index (χ4v) is 4.31. The Morgan fingerprint density at radius 1 is 1.19 bits per heavy atom. The number of nitrogens with zero attached hydrogens (tertiary/aromatic N) is 2. The lowest BCUT2D eigenvalue weighted by Gasteiger charge is -2.44. The van der Waals surface area contributed by atoms with Crippen molar-refractivity contribution >= 4 is 75.9 Å². The number of aliphatic imine (C=N–C) groups is 2. The fraction of sp³-hybridized carbons (Fsp3) is 0.750. The van der Waals surface area contributed by atoms with Crippen LogP contribution in [0.5, 0.6) is 0 Å². The van der Waals surface area contributed by atoms with E-state index in [4.69, 9.17) is 0 Å². The molecule has 0 bridgehead atoms. The van der Waals surface area contributed by atoms with E-state index in [-0.39, 0.29) is 10.9 Å². The molecule has 1 aliphatic rings. The molecule has 1 fully saturated rings. The Kier molecular flexibility index (Phi) is 5.11. The van der Waals surface area contributed by atoms with Crippen LogP contribution < -0.4 is 0 Å². The van der Waals surface area contributed by atoms with Crippen LogP contribution in [0, 0.1) is 0 Å². The Balaban J connectivity index is 3.09. The number of isocyanates is 2. The monoisotopic (exact) mass is 478 g/mol. The first-order valence-corrected chi connectivity index (χ1v) is 7.55. The van der Waals surface area contributed by atoms with Gasteiger partial charge in [-0.2, -0.15) is 4.99 Å². The second-order valence-electron chi connectivity index (χ2n) is 3.31. The van der Waals surface area contributed by atoms with Crippen LogP contribution in [0.1, 0.15) is 12.8 Å². The minimum Gasteiger partial charge on any atom is -0.211 e. The summed E-state index contributed by atoms with van der Waals surface area (Å²) < 4.78 is -1.54. The third-order valence-electron chi connectivity index (χ3n) is 2.41. The van der Waals surface area contributed by atoms with E-state index in [9.17, 15) is 9.59 Å². The highest BCUT2D eigenvalue weighted by Crippen LogP contribution is 2.56. The number of hydrogen-bond donors (Lipinski definition) is 0. The molecule has 1 rings (SSSR count). The quantitative estimate of drug-likeness (QED) is 0.263. The number of alkyl halides is 4. The number of halogens is 4. The summed E-state index contributed by atoms with van der Waals surface area (Å²) in [6.45, 7) is 0. The minimum atomic E-state index is -0.815. The maximum atomic E-state index is 10.4. The highest BCUT2D eigenvalue weighted by Gasteiger charge is 2.57. The molecule has 0 N–H and O–H groups in total. The van der Waals surface area contributed by atoms with Gasteiger partial charge < -0.3 is 0 Å². The van der Waals surface area contributed by atoms with Crippen molar-refractivity contribution in [3.8, 4) is 0 Å². The molecular weight excluding hydrogens is 476 g/mol. The van der Waals surface area contributed by atoms with E-state index in [1.807, 2.05) is 0 Å². The van der Waals surface area contributed by atoms with Gasteiger partial charge in [-0.3, -0.25) is 0 Å². The Bertz CT molecular complexity index is 376. The molecule has 0 amide bonds. The number of carbonyl (C=O) groups excluding carboxylic acids is 2. The van der Waals surface area contributed by atoms with Gasteiger partial charge in [-0.1, -0.05) is 63.7 Å². The summed E-state index contributed by atoms with van der Waals surface area (Å²) >= 11 is 13.7. The first-order chi connectivity index (χ1) is 7.39. The molecule has 1 aliphatic carbocycles. The van der Waals surface area contributed by atoms with Crippen LogP contribution >= 0.6 is 63.7 Å². The van der Waals surface area contributed by atoms with Crippen molar-refractivity contribution in [2.24, 2.45) is 9.98 Å². The molecule has 0 aromatic carbocycles. The lowest BCUT2D eigenvalue weighted by molar-refractivity contribution is 0.386. The molecule has 0 aromatic rings. The Hall–Kier alpha value is 0.680. The van der Waals surface area contributed by atoms with Gasteiger partial charge in [0.15, 0.2) is 4.45 Å². The van der Waals surface area contributed by atoms with Crippen LogP contribution in [0.15, 0.2) is 9.98 Å². The highest BCUT2D eigenvalue weighted by atomic mass is 79.9. The fourth-order valence-electron chi connectivity index (χ4n) is 1.51. The molecule has 88 valence electrons. The molecular formula is C8H6Br4N2O2. The van der Waals surface area contributed by atoms with Gasteiger partial charge in [-0.05, 0) is 12.8 Å². The third kappa shape index (κ3) is 2.57. The Morgan fingerprint density at radius 2 is 1.81 bits per heavy atom. The van der Waals surface area contributed by atoms with Crippen molar-refractivity contribution in [2.45, 2.75) is 31.4 Å². The van der Waals surface area contributed by atoms with Crippen molar-refractivity contribution in [1.29, 1.82) is 0 Å². The summed E-state index contributed by atoms with van der Waals surface area (Å²) in [5, 5.41) is 0. The maximum Gasteiger partial charge on any atom is 0.236 e. The number of hydrogen-bond acceptors (Lipinski definition) is 4. The van der Waals surface area contributed by atoms with Crippen LogP contribution in [0.25, 0.3) is 0 Å². The minimum absolute atomic E-state index is 0.216. The van der Waals surface area contributed by atoms with Gasteiger partial charge in [0.05, 0.1) is 10.9 Å². The second-order valence-corrected chi connectivity index (χ2v) is 9.18. The molecule has 0 aromatic heterocycles. The lowest BCUT2D eigenvalue weighted by atomic mass is 9.91. The second kappa shape index (κ2) is 5.55. The summed E-state index contributed by atoms with van der Waals surface area (Å²) in [6, 6.07) is -0.219. The first-order valence-electron chi connectivity index (χ1n) is 4.26. The zero-order chi connectivity index (χ0) is 12.4. The SMILES string of the molecule is O=C=N[C@@H]1CC[C@@](Br)(N=C=O)C(Br)(Br)C1Br. The molecule has 0 aliphatic heterocycles. The van der Waals surface area contributed by atoms with Crippen molar-refractivity contribution in [3.05, 3.63) is 0 Å². The topological polar surface area (TPSA) is 58.9 Å². The summed E-state index contributed by atoms with van der Waals surface area (Å²) in [4.78, 5) is 27.9. The average Bonchev–Trinajstić information content (AvgIpc) is 2.21. The van der Waals surface area contributed by atoms with Crippen LogP contribution in [0.3, 0.4) is 0 Å². The molecule has 1 saturated carbocycles. The van der Waals surface area contributed by atoms with Gasteiger partial charge in [0, 0.05) is 0 Å². The van der Waals surface area contributed by atoms with Gasteiger partial charge in [0.25, 0.3) is 0 Å². The molecule has 16 heavy (non-hydrogen) atoms. The highest BCUT2D eigenvalue weighted by molar-refractivity contribution is 9.27. The van der Waals surface area contributed by atoms with Gasteiger partial charge >= 0.3 is 0 Å². The molecule has 0 radical (unpaired) electrons. The van der Waals surface area contributed by atoms with Gasteiger partial charge in [-0.15, -0.1) is 0 Å². The predicted molar refractivity (Wildman–Crippen MR) is 74.2 cm³/mol. The van der Waals surface area contributed by atoms with E-state index in [1.165, 1.54) is 0 Å². The van der Waals surface area contributed by atoms with Gasteiger partial charge in [0.1, 0.15) is 3.23 Å². The zero-order valence-corrected chi connectivity index (χ0v) is 14.1. The predicted octanol–water partition coefficient (Wildman–Crippen LogP) is 3.16. The smallest absolute Gasteiger partial charge is 0.211 e. The van der Waals surface area contributed by atoms with E-state index in [1.54, 1.807) is 12.2 Å². The van der Waals surface area contributed by atoms with Crippen LogP contribution in [-0.4, -0.2) is 30.7 Å². The molecule has 3 atom stereocenters. The van der Waals surface area contributed by atoms with Crippen LogP contribution in [0.4, 0.5) is 0 Å². The molecule has 1 unspecified atom stereocenters. The van der Waals surface area contributed by atoms with Gasteiger partial charge in [-0.25, -0.2) is 14.6 Å². The summed E-state index contributed by atoms with van der Waals surface area (Å²) in [5.74, 6) is 0. The molecule has 8 heteroatoms. The molecule has 4 nitrogen and oxygen atoms in total. The Morgan fingerprint density at radius 3 is 2.31 bits per heavy atom. The third-order valence-corrected chi connectivity index (χ3v) is 9.50. The first kappa shape index (κ1) is 14.7. The van der Waals surface area contributed by atoms with Crippen molar-refractivity contribution in [1.82, 2.24) is 0 Å². The summed E-state index contributed by atoms with van der Waals surface area (Å²) in [7, 11) is 0. The Labute approximate surface area is 126 Å². The van der Waals surface area contributed by atoms with Crippen molar-refractivity contribution in [2.75, 3.05) is 0 Å². The molecule has 0 spiro atoms. The average molecular weight is 482 g/mol. The van der Waals surface area contributed by atoms with E-state index >= 15 is 0 Å². The number of rotatable bonds is 2. The molecule has 0 saturated heterocycles. The molecule has 0 heterocycles.